The summed E-state index contributed by atoms with van der Waals surface area (Å²) in [4.78, 5) is 9.10. The minimum absolute atomic E-state index is 0.0253. The maximum atomic E-state index is 9.09. The maximum Gasteiger partial charge on any atom is 0.225 e. The number of anilines is 3. The molecule has 0 spiro atoms. The number of aryl methyl sites for hydroxylation is 1. The first kappa shape index (κ1) is 18.9. The van der Waals surface area contributed by atoms with Crippen LogP contribution in [0, 0.1) is 6.92 Å². The Hall–Kier alpha value is -2.92. The number of nitrogens with zero attached hydrogens (tertiary/aromatic N) is 2. The number of aliphatic hydroxyl groups excluding tert-OH is 1. The van der Waals surface area contributed by atoms with Gasteiger partial charge >= 0.3 is 0 Å². The standard InChI is InChI=1S/C22H26N4O/c1-15(2)19-10-9-18(13-16(19)3)24-21-14-20(17-7-5-4-6-8-17)25-22(26-21)23-11-12-27/h4-10,13-15,27H,11-12H2,1-3H3,(H2,23,24,25,26). The van der Waals surface area contributed by atoms with Gasteiger partial charge in [0.2, 0.25) is 5.95 Å². The van der Waals surface area contributed by atoms with E-state index in [1.54, 1.807) is 0 Å². The number of aromatic nitrogens is 2. The molecule has 0 aliphatic rings. The van der Waals surface area contributed by atoms with Crippen LogP contribution in [0.25, 0.3) is 11.3 Å². The molecule has 1 aromatic heterocycles. The van der Waals surface area contributed by atoms with Crippen LogP contribution in [0.1, 0.15) is 30.9 Å². The zero-order chi connectivity index (χ0) is 19.2. The first-order valence-corrected chi connectivity index (χ1v) is 9.23. The summed E-state index contributed by atoms with van der Waals surface area (Å²) in [6, 6.07) is 18.3. The Bertz CT molecular complexity index is 894. The summed E-state index contributed by atoms with van der Waals surface area (Å²) >= 11 is 0. The van der Waals surface area contributed by atoms with Crippen molar-refractivity contribution in [3.05, 3.63) is 65.7 Å². The van der Waals surface area contributed by atoms with E-state index in [1.807, 2.05) is 36.4 Å². The molecule has 3 rings (SSSR count). The summed E-state index contributed by atoms with van der Waals surface area (Å²) in [6.07, 6.45) is 0. The molecule has 0 aliphatic carbocycles. The van der Waals surface area contributed by atoms with E-state index < -0.39 is 0 Å². The van der Waals surface area contributed by atoms with Crippen molar-refractivity contribution in [1.29, 1.82) is 0 Å². The van der Waals surface area contributed by atoms with Crippen molar-refractivity contribution >= 4 is 17.5 Å². The summed E-state index contributed by atoms with van der Waals surface area (Å²) in [5.41, 5.74) is 5.43. The van der Waals surface area contributed by atoms with Crippen molar-refractivity contribution < 1.29 is 5.11 Å². The molecule has 0 unspecified atom stereocenters. The van der Waals surface area contributed by atoms with E-state index >= 15 is 0 Å². The lowest BCUT2D eigenvalue weighted by Crippen LogP contribution is -2.10. The van der Waals surface area contributed by atoms with Crippen LogP contribution in [0.2, 0.25) is 0 Å². The topological polar surface area (TPSA) is 70.1 Å². The van der Waals surface area contributed by atoms with Crippen molar-refractivity contribution in [2.75, 3.05) is 23.8 Å². The Morgan fingerprint density at radius 3 is 2.44 bits per heavy atom. The second-order valence-corrected chi connectivity index (χ2v) is 6.83. The minimum Gasteiger partial charge on any atom is -0.395 e. The lowest BCUT2D eigenvalue weighted by molar-refractivity contribution is 0.311. The molecule has 0 saturated carbocycles. The summed E-state index contributed by atoms with van der Waals surface area (Å²) in [6.45, 7) is 6.96. The predicted octanol–water partition coefficient (Wildman–Crippen LogP) is 4.72. The van der Waals surface area contributed by atoms with E-state index in [9.17, 15) is 0 Å². The van der Waals surface area contributed by atoms with Crippen LogP contribution in [0.3, 0.4) is 0 Å². The summed E-state index contributed by atoms with van der Waals surface area (Å²) < 4.78 is 0. The average Bonchev–Trinajstić information content (AvgIpc) is 2.66. The molecule has 0 atom stereocenters. The smallest absolute Gasteiger partial charge is 0.225 e. The molecule has 2 aromatic carbocycles. The molecule has 0 saturated heterocycles. The molecule has 3 aromatic rings. The zero-order valence-electron chi connectivity index (χ0n) is 16.0. The SMILES string of the molecule is Cc1cc(Nc2cc(-c3ccccc3)nc(NCCO)n2)ccc1C(C)C. The number of nitrogens with one attached hydrogen (secondary N) is 2. The molecule has 0 bridgehead atoms. The van der Waals surface area contributed by atoms with E-state index in [0.717, 1.165) is 16.9 Å². The Morgan fingerprint density at radius 1 is 1.00 bits per heavy atom. The number of benzene rings is 2. The van der Waals surface area contributed by atoms with Gasteiger partial charge < -0.3 is 15.7 Å². The molecule has 0 fully saturated rings. The third-order valence-electron chi connectivity index (χ3n) is 4.35. The number of hydrogen-bond acceptors (Lipinski definition) is 5. The van der Waals surface area contributed by atoms with Crippen LogP contribution >= 0.6 is 0 Å². The molecule has 5 heteroatoms. The Labute approximate surface area is 160 Å². The molecule has 140 valence electrons. The van der Waals surface area contributed by atoms with Crippen LogP contribution in [0.15, 0.2) is 54.6 Å². The van der Waals surface area contributed by atoms with E-state index in [-0.39, 0.29) is 6.61 Å². The van der Waals surface area contributed by atoms with E-state index in [1.165, 1.54) is 11.1 Å². The van der Waals surface area contributed by atoms with Gasteiger partial charge in [0.05, 0.1) is 12.3 Å². The maximum absolute atomic E-state index is 9.09. The van der Waals surface area contributed by atoms with Crippen molar-refractivity contribution in [2.45, 2.75) is 26.7 Å². The van der Waals surface area contributed by atoms with Gasteiger partial charge in [-0.25, -0.2) is 4.98 Å². The van der Waals surface area contributed by atoms with Crippen LogP contribution in [-0.4, -0.2) is 28.2 Å². The van der Waals surface area contributed by atoms with Crippen molar-refractivity contribution in [3.63, 3.8) is 0 Å². The van der Waals surface area contributed by atoms with Crippen LogP contribution in [-0.2, 0) is 0 Å². The Balaban J connectivity index is 1.93. The van der Waals surface area contributed by atoms with Crippen molar-refractivity contribution in [1.82, 2.24) is 9.97 Å². The fourth-order valence-corrected chi connectivity index (χ4v) is 3.06. The molecule has 27 heavy (non-hydrogen) atoms. The highest BCUT2D eigenvalue weighted by Gasteiger charge is 2.09. The van der Waals surface area contributed by atoms with Gasteiger partial charge in [0, 0.05) is 23.9 Å². The highest BCUT2D eigenvalue weighted by Crippen LogP contribution is 2.26. The van der Waals surface area contributed by atoms with Gasteiger partial charge in [-0.2, -0.15) is 4.98 Å². The van der Waals surface area contributed by atoms with Crippen molar-refractivity contribution in [2.24, 2.45) is 0 Å². The molecule has 3 N–H and O–H groups in total. The van der Waals surface area contributed by atoms with Crippen LogP contribution in [0.5, 0.6) is 0 Å². The zero-order valence-corrected chi connectivity index (χ0v) is 16.0. The monoisotopic (exact) mass is 362 g/mol. The van der Waals surface area contributed by atoms with Gasteiger partial charge in [0.15, 0.2) is 0 Å². The predicted molar refractivity (Wildman–Crippen MR) is 112 cm³/mol. The van der Waals surface area contributed by atoms with Crippen molar-refractivity contribution in [3.8, 4) is 11.3 Å². The third kappa shape index (κ3) is 4.83. The van der Waals surface area contributed by atoms with Gasteiger partial charge in [-0.3, -0.25) is 0 Å². The number of aliphatic hydroxyl groups is 1. The van der Waals surface area contributed by atoms with Gasteiger partial charge in [0.1, 0.15) is 5.82 Å². The first-order chi connectivity index (χ1) is 13.1. The summed E-state index contributed by atoms with van der Waals surface area (Å²) in [5.74, 6) is 1.70. The van der Waals surface area contributed by atoms with Crippen LogP contribution < -0.4 is 10.6 Å². The van der Waals surface area contributed by atoms with Crippen LogP contribution in [0.4, 0.5) is 17.5 Å². The highest BCUT2D eigenvalue weighted by molar-refractivity contribution is 5.67. The fourth-order valence-electron chi connectivity index (χ4n) is 3.06. The normalized spacial score (nSPS) is 10.9. The van der Waals surface area contributed by atoms with E-state index in [2.05, 4.69) is 59.6 Å². The molecular formula is C22H26N4O. The summed E-state index contributed by atoms with van der Waals surface area (Å²) in [7, 11) is 0. The number of rotatable bonds is 7. The second-order valence-electron chi connectivity index (χ2n) is 6.83. The lowest BCUT2D eigenvalue weighted by atomic mass is 9.98. The summed E-state index contributed by atoms with van der Waals surface area (Å²) in [5, 5.41) is 15.5. The second kappa shape index (κ2) is 8.64. The first-order valence-electron chi connectivity index (χ1n) is 9.23. The molecular weight excluding hydrogens is 336 g/mol. The molecule has 0 aliphatic heterocycles. The molecule has 5 nitrogen and oxygen atoms in total. The van der Waals surface area contributed by atoms with Gasteiger partial charge in [-0.1, -0.05) is 50.2 Å². The van der Waals surface area contributed by atoms with Gasteiger partial charge in [0.25, 0.3) is 0 Å². The van der Waals surface area contributed by atoms with Gasteiger partial charge in [-0.05, 0) is 36.1 Å². The Morgan fingerprint density at radius 2 is 1.78 bits per heavy atom. The molecule has 1 heterocycles. The molecule has 0 radical (unpaired) electrons. The Kier molecular flexibility index (Phi) is 6.04. The highest BCUT2D eigenvalue weighted by atomic mass is 16.3. The quantitative estimate of drug-likeness (QED) is 0.567. The van der Waals surface area contributed by atoms with E-state index in [4.69, 9.17) is 5.11 Å². The lowest BCUT2D eigenvalue weighted by Gasteiger charge is -2.14. The largest absolute Gasteiger partial charge is 0.395 e. The van der Waals surface area contributed by atoms with E-state index in [0.29, 0.717) is 24.2 Å². The number of hydrogen-bond donors (Lipinski definition) is 3. The third-order valence-corrected chi connectivity index (χ3v) is 4.35. The van der Waals surface area contributed by atoms with Gasteiger partial charge in [-0.15, -0.1) is 0 Å². The minimum atomic E-state index is 0.0253. The fraction of sp³-hybridized carbons (Fsp3) is 0.273. The molecule has 0 amide bonds. The average molecular weight is 362 g/mol.